The number of amides is 1. The van der Waals surface area contributed by atoms with Gasteiger partial charge < -0.3 is 10.6 Å². The Balaban J connectivity index is 1.16. The molecule has 5 aromatic rings. The third-order valence-electron chi connectivity index (χ3n) is 6.13. The van der Waals surface area contributed by atoms with Crippen LogP contribution in [-0.4, -0.2) is 50.8 Å². The quantitative estimate of drug-likeness (QED) is 0.211. The van der Waals surface area contributed by atoms with Gasteiger partial charge in [0.2, 0.25) is 16.0 Å². The second-order valence-electron chi connectivity index (χ2n) is 9.15. The monoisotopic (exact) mass is 587 g/mol. The van der Waals surface area contributed by atoms with Gasteiger partial charge in [-0.15, -0.1) is 5.10 Å². The van der Waals surface area contributed by atoms with E-state index in [9.17, 15) is 17.6 Å². The predicted octanol–water partition coefficient (Wildman–Crippen LogP) is 3.23. The number of hydrogen-bond donors (Lipinski definition) is 3. The first-order chi connectivity index (χ1) is 20.3. The van der Waals surface area contributed by atoms with Gasteiger partial charge in [-0.25, -0.2) is 27.5 Å². The van der Waals surface area contributed by atoms with E-state index in [0.717, 1.165) is 17.2 Å². The van der Waals surface area contributed by atoms with Crippen LogP contribution in [-0.2, 0) is 23.1 Å². The number of benzene rings is 2. The van der Waals surface area contributed by atoms with Crippen molar-refractivity contribution in [3.8, 4) is 11.3 Å². The van der Waals surface area contributed by atoms with Gasteiger partial charge in [0.05, 0.1) is 25.0 Å². The van der Waals surface area contributed by atoms with E-state index in [1.807, 2.05) is 25.1 Å². The number of halogens is 1. The number of pyridine rings is 1. The highest BCUT2D eigenvalue weighted by Crippen LogP contribution is 2.22. The normalized spacial score (nSPS) is 11.3. The zero-order valence-corrected chi connectivity index (χ0v) is 23.2. The van der Waals surface area contributed by atoms with Gasteiger partial charge in [0, 0.05) is 41.9 Å². The third-order valence-corrected chi connectivity index (χ3v) is 7.63. The van der Waals surface area contributed by atoms with Crippen molar-refractivity contribution in [3.63, 3.8) is 0 Å². The zero-order chi connectivity index (χ0) is 29.5. The Kier molecular flexibility index (Phi) is 8.55. The van der Waals surface area contributed by atoms with Crippen molar-refractivity contribution in [1.29, 1.82) is 0 Å². The average molecular weight is 588 g/mol. The SMILES string of the molecule is Cc1ccc(C(=O)NCc2cn(CCNS(=O)(=O)c3ccccc3F)nn2)cc1Nc1nccc(-c2cccnc2)n1. The molecule has 214 valence electrons. The number of nitrogens with zero attached hydrogens (tertiary/aromatic N) is 6. The van der Waals surface area contributed by atoms with Gasteiger partial charge in [-0.2, -0.15) is 0 Å². The number of aromatic nitrogens is 6. The summed E-state index contributed by atoms with van der Waals surface area (Å²) in [6, 6.07) is 15.9. The molecule has 0 aliphatic carbocycles. The van der Waals surface area contributed by atoms with E-state index in [2.05, 4.69) is 40.6 Å². The van der Waals surface area contributed by atoms with Gasteiger partial charge in [-0.3, -0.25) is 14.5 Å². The summed E-state index contributed by atoms with van der Waals surface area (Å²) in [5.41, 5.74) is 4.04. The summed E-state index contributed by atoms with van der Waals surface area (Å²) in [6.07, 6.45) is 6.65. The number of aryl methyl sites for hydroxylation is 1. The number of anilines is 2. The molecule has 3 heterocycles. The maximum atomic E-state index is 13.8. The summed E-state index contributed by atoms with van der Waals surface area (Å²) >= 11 is 0. The lowest BCUT2D eigenvalue weighted by Crippen LogP contribution is -2.28. The molecule has 12 nitrogen and oxygen atoms in total. The highest BCUT2D eigenvalue weighted by molar-refractivity contribution is 7.89. The van der Waals surface area contributed by atoms with E-state index in [-0.39, 0.29) is 25.5 Å². The Morgan fingerprint density at radius 2 is 1.90 bits per heavy atom. The van der Waals surface area contributed by atoms with E-state index in [0.29, 0.717) is 28.6 Å². The molecule has 14 heteroatoms. The molecular formula is C28H26FN9O3S. The fourth-order valence-electron chi connectivity index (χ4n) is 3.95. The van der Waals surface area contributed by atoms with Gasteiger partial charge in [-0.05, 0) is 55.0 Å². The van der Waals surface area contributed by atoms with Crippen LogP contribution in [0.3, 0.4) is 0 Å². The molecular weight excluding hydrogens is 561 g/mol. The van der Waals surface area contributed by atoms with Crippen LogP contribution >= 0.6 is 0 Å². The Morgan fingerprint density at radius 3 is 2.71 bits per heavy atom. The van der Waals surface area contributed by atoms with Gasteiger partial charge in [0.25, 0.3) is 5.91 Å². The van der Waals surface area contributed by atoms with Gasteiger partial charge in [0.15, 0.2) is 0 Å². The van der Waals surface area contributed by atoms with E-state index >= 15 is 0 Å². The molecule has 3 N–H and O–H groups in total. The summed E-state index contributed by atoms with van der Waals surface area (Å²) in [6.45, 7) is 2.14. The van der Waals surface area contributed by atoms with Crippen LogP contribution in [0.5, 0.6) is 0 Å². The molecule has 42 heavy (non-hydrogen) atoms. The number of rotatable bonds is 11. The standard InChI is InChI=1S/C28H26FN9O3S/c1-19-8-9-20(15-25(19)35-28-31-12-10-24(34-28)21-5-4-11-30-16-21)27(39)32-17-22-18-38(37-36-22)14-13-33-42(40,41)26-7-3-2-6-23(26)29/h2-12,15-16,18,33H,13-14,17H2,1H3,(H,32,39)(H,31,34,35). The smallest absolute Gasteiger partial charge is 0.251 e. The molecule has 0 saturated carbocycles. The molecule has 0 bridgehead atoms. The Labute approximate surface area is 241 Å². The lowest BCUT2D eigenvalue weighted by Gasteiger charge is -2.11. The van der Waals surface area contributed by atoms with Crippen LogP contribution in [0.15, 0.2) is 90.3 Å². The van der Waals surface area contributed by atoms with Crippen LogP contribution in [0.1, 0.15) is 21.6 Å². The van der Waals surface area contributed by atoms with Crippen LogP contribution in [0.2, 0.25) is 0 Å². The minimum absolute atomic E-state index is 0.0279. The van der Waals surface area contributed by atoms with E-state index in [1.165, 1.54) is 22.9 Å². The van der Waals surface area contributed by atoms with Crippen molar-refractivity contribution < 1.29 is 17.6 Å². The maximum absolute atomic E-state index is 13.8. The first kappa shape index (κ1) is 28.4. The number of sulfonamides is 1. The van der Waals surface area contributed by atoms with Crippen molar-refractivity contribution >= 4 is 27.6 Å². The maximum Gasteiger partial charge on any atom is 0.251 e. The minimum atomic E-state index is -4.01. The van der Waals surface area contributed by atoms with Crippen molar-refractivity contribution in [1.82, 2.24) is 40.0 Å². The van der Waals surface area contributed by atoms with Crippen LogP contribution in [0, 0.1) is 12.7 Å². The number of carbonyl (C=O) groups is 1. The summed E-state index contributed by atoms with van der Waals surface area (Å²) < 4.78 is 42.3. The zero-order valence-electron chi connectivity index (χ0n) is 22.4. The largest absolute Gasteiger partial charge is 0.346 e. The van der Waals surface area contributed by atoms with E-state index in [4.69, 9.17) is 0 Å². The highest BCUT2D eigenvalue weighted by Gasteiger charge is 2.18. The van der Waals surface area contributed by atoms with Gasteiger partial charge >= 0.3 is 0 Å². The summed E-state index contributed by atoms with van der Waals surface area (Å²) in [4.78, 5) is 25.4. The Morgan fingerprint density at radius 1 is 1.05 bits per heavy atom. The molecule has 2 aromatic carbocycles. The van der Waals surface area contributed by atoms with Crippen LogP contribution in [0.4, 0.5) is 16.0 Å². The van der Waals surface area contributed by atoms with Gasteiger partial charge in [0.1, 0.15) is 16.4 Å². The first-order valence-electron chi connectivity index (χ1n) is 12.8. The van der Waals surface area contributed by atoms with Crippen molar-refractivity contribution in [2.45, 2.75) is 24.9 Å². The molecule has 5 rings (SSSR count). The first-order valence-corrected chi connectivity index (χ1v) is 14.3. The highest BCUT2D eigenvalue weighted by atomic mass is 32.2. The topological polar surface area (TPSA) is 157 Å². The predicted molar refractivity (Wildman–Crippen MR) is 153 cm³/mol. The molecule has 0 atom stereocenters. The minimum Gasteiger partial charge on any atom is -0.346 e. The fraction of sp³-hybridized carbons (Fsp3) is 0.143. The number of hydrogen-bond acceptors (Lipinski definition) is 9. The number of nitrogens with one attached hydrogen (secondary N) is 3. The molecule has 0 unspecified atom stereocenters. The molecule has 0 aliphatic heterocycles. The summed E-state index contributed by atoms with van der Waals surface area (Å²) in [5, 5.41) is 14.0. The van der Waals surface area contributed by atoms with E-state index < -0.39 is 20.7 Å². The second-order valence-corrected chi connectivity index (χ2v) is 10.9. The molecule has 0 saturated heterocycles. The fourth-order valence-corrected chi connectivity index (χ4v) is 5.05. The molecule has 0 fully saturated rings. The Hall–Kier alpha value is -5.08. The van der Waals surface area contributed by atoms with Crippen molar-refractivity contribution in [2.24, 2.45) is 0 Å². The third kappa shape index (κ3) is 6.97. The summed E-state index contributed by atoms with van der Waals surface area (Å²) in [7, 11) is -4.01. The van der Waals surface area contributed by atoms with Gasteiger partial charge in [-0.1, -0.05) is 23.4 Å². The van der Waals surface area contributed by atoms with Crippen molar-refractivity contribution in [2.75, 3.05) is 11.9 Å². The summed E-state index contributed by atoms with van der Waals surface area (Å²) in [5.74, 6) is -0.774. The average Bonchev–Trinajstić information content (AvgIpc) is 3.45. The Bertz CT molecular complexity index is 1810. The van der Waals surface area contributed by atoms with Crippen LogP contribution < -0.4 is 15.4 Å². The lowest BCUT2D eigenvalue weighted by atomic mass is 10.1. The molecule has 0 aliphatic rings. The number of carbonyl (C=O) groups excluding carboxylic acids is 1. The van der Waals surface area contributed by atoms with Crippen LogP contribution in [0.25, 0.3) is 11.3 Å². The molecule has 0 spiro atoms. The second kappa shape index (κ2) is 12.6. The molecule has 0 radical (unpaired) electrons. The van der Waals surface area contributed by atoms with Crippen molar-refractivity contribution in [3.05, 3.63) is 108 Å². The molecule has 3 aromatic heterocycles. The lowest BCUT2D eigenvalue weighted by molar-refractivity contribution is 0.0950. The molecule has 1 amide bonds. The van der Waals surface area contributed by atoms with E-state index in [1.54, 1.807) is 43.0 Å².